The van der Waals surface area contributed by atoms with Crippen molar-refractivity contribution in [2.24, 2.45) is 5.73 Å². The quantitative estimate of drug-likeness (QED) is 0.871. The van der Waals surface area contributed by atoms with E-state index in [0.29, 0.717) is 13.0 Å². The molecule has 1 aliphatic heterocycles. The summed E-state index contributed by atoms with van der Waals surface area (Å²) in [6.07, 6.45) is 3.77. The molecule has 4 heteroatoms. The van der Waals surface area contributed by atoms with Crippen LogP contribution in [-0.4, -0.2) is 44.0 Å². The number of carbonyl (C=O) groups is 1. The number of amides is 1. The van der Waals surface area contributed by atoms with Crippen LogP contribution in [0.25, 0.3) is 0 Å². The number of benzene rings is 1. The van der Waals surface area contributed by atoms with E-state index in [0.717, 1.165) is 32.5 Å². The Balaban J connectivity index is 1.91. The van der Waals surface area contributed by atoms with Crippen molar-refractivity contribution in [1.29, 1.82) is 0 Å². The Bertz CT molecular complexity index is 487. The van der Waals surface area contributed by atoms with E-state index in [1.54, 1.807) is 4.90 Å². The fourth-order valence-corrected chi connectivity index (χ4v) is 2.91. The van der Waals surface area contributed by atoms with Crippen LogP contribution in [0.1, 0.15) is 30.4 Å². The SMILES string of the molecule is Cc1ccc2c(c1)CCCN2CCC(=O)N(C)CCCN. The maximum absolute atomic E-state index is 12.1. The van der Waals surface area contributed by atoms with Gasteiger partial charge in [0.25, 0.3) is 0 Å². The minimum atomic E-state index is 0.211. The molecule has 0 spiro atoms. The van der Waals surface area contributed by atoms with Gasteiger partial charge in [0.1, 0.15) is 0 Å². The minimum absolute atomic E-state index is 0.211. The largest absolute Gasteiger partial charge is 0.371 e. The van der Waals surface area contributed by atoms with Crippen LogP contribution < -0.4 is 10.6 Å². The first-order valence-corrected chi connectivity index (χ1v) is 7.90. The highest BCUT2D eigenvalue weighted by molar-refractivity contribution is 5.76. The molecule has 0 bridgehead atoms. The van der Waals surface area contributed by atoms with Crippen LogP contribution in [0.4, 0.5) is 5.69 Å². The minimum Gasteiger partial charge on any atom is -0.371 e. The van der Waals surface area contributed by atoms with E-state index in [2.05, 4.69) is 30.0 Å². The number of nitrogens with zero attached hydrogens (tertiary/aromatic N) is 2. The van der Waals surface area contributed by atoms with Crippen LogP contribution >= 0.6 is 0 Å². The molecule has 116 valence electrons. The van der Waals surface area contributed by atoms with Crippen LogP contribution in [0.2, 0.25) is 0 Å². The van der Waals surface area contributed by atoms with Crippen molar-refractivity contribution in [2.75, 3.05) is 38.1 Å². The van der Waals surface area contributed by atoms with E-state index < -0.39 is 0 Å². The van der Waals surface area contributed by atoms with Crippen LogP contribution in [0, 0.1) is 6.92 Å². The van der Waals surface area contributed by atoms with Gasteiger partial charge in [0, 0.05) is 38.8 Å². The zero-order chi connectivity index (χ0) is 15.2. The molecule has 1 aromatic rings. The molecule has 2 N–H and O–H groups in total. The van der Waals surface area contributed by atoms with E-state index in [1.807, 2.05) is 7.05 Å². The van der Waals surface area contributed by atoms with Crippen molar-refractivity contribution >= 4 is 11.6 Å². The number of rotatable bonds is 6. The molecule has 0 aromatic heterocycles. The monoisotopic (exact) mass is 289 g/mol. The molecule has 0 unspecified atom stereocenters. The highest BCUT2D eigenvalue weighted by Crippen LogP contribution is 2.27. The molecule has 0 atom stereocenters. The molecule has 1 amide bonds. The van der Waals surface area contributed by atoms with Gasteiger partial charge in [0.05, 0.1) is 0 Å². The van der Waals surface area contributed by atoms with Gasteiger partial charge < -0.3 is 15.5 Å². The third-order valence-electron chi connectivity index (χ3n) is 4.17. The number of nitrogens with two attached hydrogens (primary N) is 1. The molecule has 0 radical (unpaired) electrons. The molecular formula is C17H27N3O. The average Bonchev–Trinajstić information content (AvgIpc) is 2.49. The van der Waals surface area contributed by atoms with Gasteiger partial charge in [0.15, 0.2) is 0 Å². The second-order valence-corrected chi connectivity index (χ2v) is 5.93. The number of hydrogen-bond acceptors (Lipinski definition) is 3. The average molecular weight is 289 g/mol. The number of anilines is 1. The van der Waals surface area contributed by atoms with Gasteiger partial charge in [-0.2, -0.15) is 0 Å². The number of fused-ring (bicyclic) bond motifs is 1. The first-order valence-electron chi connectivity index (χ1n) is 7.90. The summed E-state index contributed by atoms with van der Waals surface area (Å²) in [5.74, 6) is 0.211. The predicted octanol–water partition coefficient (Wildman–Crippen LogP) is 1.94. The van der Waals surface area contributed by atoms with Crippen molar-refractivity contribution in [2.45, 2.75) is 32.6 Å². The predicted molar refractivity (Wildman–Crippen MR) is 87.6 cm³/mol. The number of hydrogen-bond donors (Lipinski definition) is 1. The van der Waals surface area contributed by atoms with Gasteiger partial charge in [0.2, 0.25) is 5.91 Å². The molecule has 0 saturated carbocycles. The molecule has 1 aliphatic rings. The lowest BCUT2D eigenvalue weighted by Crippen LogP contribution is -2.35. The van der Waals surface area contributed by atoms with Crippen molar-refractivity contribution in [3.8, 4) is 0 Å². The second kappa shape index (κ2) is 7.46. The molecular weight excluding hydrogens is 262 g/mol. The number of carbonyl (C=O) groups excluding carboxylic acids is 1. The van der Waals surface area contributed by atoms with Gasteiger partial charge in [-0.1, -0.05) is 17.7 Å². The third kappa shape index (κ3) is 4.21. The first kappa shape index (κ1) is 15.8. The van der Waals surface area contributed by atoms with Gasteiger partial charge in [-0.05, 0) is 44.4 Å². The summed E-state index contributed by atoms with van der Waals surface area (Å²) in [6, 6.07) is 6.63. The zero-order valence-corrected chi connectivity index (χ0v) is 13.3. The van der Waals surface area contributed by atoms with Gasteiger partial charge >= 0.3 is 0 Å². The van der Waals surface area contributed by atoms with Gasteiger partial charge in [-0.25, -0.2) is 0 Å². The molecule has 4 nitrogen and oxygen atoms in total. The van der Waals surface area contributed by atoms with Crippen molar-refractivity contribution in [3.05, 3.63) is 29.3 Å². The lowest BCUT2D eigenvalue weighted by molar-refractivity contribution is -0.129. The first-order chi connectivity index (χ1) is 10.1. The van der Waals surface area contributed by atoms with Crippen LogP contribution in [-0.2, 0) is 11.2 Å². The van der Waals surface area contributed by atoms with E-state index in [-0.39, 0.29) is 5.91 Å². The molecule has 0 saturated heterocycles. The Morgan fingerprint density at radius 1 is 1.43 bits per heavy atom. The van der Waals surface area contributed by atoms with Crippen LogP contribution in [0.15, 0.2) is 18.2 Å². The van der Waals surface area contributed by atoms with E-state index in [1.165, 1.54) is 23.2 Å². The summed E-state index contributed by atoms with van der Waals surface area (Å²) in [5.41, 5.74) is 9.53. The molecule has 1 heterocycles. The summed E-state index contributed by atoms with van der Waals surface area (Å²) in [4.78, 5) is 16.3. The van der Waals surface area contributed by atoms with Crippen molar-refractivity contribution < 1.29 is 4.79 Å². The molecule has 0 fully saturated rings. The second-order valence-electron chi connectivity index (χ2n) is 5.93. The van der Waals surface area contributed by atoms with Crippen LogP contribution in [0.3, 0.4) is 0 Å². The van der Waals surface area contributed by atoms with Crippen molar-refractivity contribution in [1.82, 2.24) is 4.90 Å². The molecule has 2 rings (SSSR count). The molecule has 1 aromatic carbocycles. The van der Waals surface area contributed by atoms with Gasteiger partial charge in [-0.3, -0.25) is 4.79 Å². The fraction of sp³-hybridized carbons (Fsp3) is 0.588. The Morgan fingerprint density at radius 3 is 3.00 bits per heavy atom. The summed E-state index contributed by atoms with van der Waals surface area (Å²) < 4.78 is 0. The fourth-order valence-electron chi connectivity index (χ4n) is 2.91. The smallest absolute Gasteiger partial charge is 0.224 e. The standard InChI is InChI=1S/C17H27N3O/c1-14-6-7-16-15(13-14)5-3-11-20(16)12-8-17(21)19(2)10-4-9-18/h6-7,13H,3-5,8-12,18H2,1-2H3. The Morgan fingerprint density at radius 2 is 2.24 bits per heavy atom. The Kier molecular flexibility index (Phi) is 5.62. The molecule has 21 heavy (non-hydrogen) atoms. The van der Waals surface area contributed by atoms with Crippen molar-refractivity contribution in [3.63, 3.8) is 0 Å². The maximum Gasteiger partial charge on any atom is 0.224 e. The van der Waals surface area contributed by atoms with E-state index >= 15 is 0 Å². The summed E-state index contributed by atoms with van der Waals surface area (Å²) in [7, 11) is 1.87. The molecule has 0 aliphatic carbocycles. The van der Waals surface area contributed by atoms with E-state index in [4.69, 9.17) is 5.73 Å². The summed E-state index contributed by atoms with van der Waals surface area (Å²) >= 11 is 0. The lowest BCUT2D eigenvalue weighted by Gasteiger charge is -2.32. The normalized spacial score (nSPS) is 14.0. The lowest BCUT2D eigenvalue weighted by atomic mass is 9.99. The Labute approximate surface area is 127 Å². The maximum atomic E-state index is 12.1. The number of aryl methyl sites for hydroxylation is 2. The topological polar surface area (TPSA) is 49.6 Å². The highest BCUT2D eigenvalue weighted by Gasteiger charge is 2.18. The summed E-state index contributed by atoms with van der Waals surface area (Å²) in [5, 5.41) is 0. The highest BCUT2D eigenvalue weighted by atomic mass is 16.2. The Hall–Kier alpha value is -1.55. The zero-order valence-electron chi connectivity index (χ0n) is 13.3. The van der Waals surface area contributed by atoms with Crippen LogP contribution in [0.5, 0.6) is 0 Å². The summed E-state index contributed by atoms with van der Waals surface area (Å²) in [6.45, 7) is 5.38. The van der Waals surface area contributed by atoms with Gasteiger partial charge in [-0.15, -0.1) is 0 Å². The third-order valence-corrected chi connectivity index (χ3v) is 4.17. The van der Waals surface area contributed by atoms with E-state index in [9.17, 15) is 4.79 Å².